The zero-order valence-corrected chi connectivity index (χ0v) is 22.3. The number of anilines is 5. The number of carbonyl (C=O) groups excluding carboxylic acids is 2. The number of benzene rings is 2. The zero-order chi connectivity index (χ0) is 27.0. The van der Waals surface area contributed by atoms with Crippen LogP contribution in [0.2, 0.25) is 5.02 Å². The first-order chi connectivity index (χ1) is 18.2. The molecule has 3 heterocycles. The van der Waals surface area contributed by atoms with Gasteiger partial charge in [0.25, 0.3) is 5.91 Å². The number of fused-ring (bicyclic) bond motifs is 1. The minimum Gasteiger partial charge on any atom is -0.494 e. The van der Waals surface area contributed by atoms with E-state index in [1.54, 1.807) is 19.1 Å². The second-order valence-corrected chi connectivity index (χ2v) is 10.4. The highest BCUT2D eigenvalue weighted by Crippen LogP contribution is 2.37. The van der Waals surface area contributed by atoms with Crippen LogP contribution in [0.5, 0.6) is 5.75 Å². The maximum Gasteiger partial charge on any atom is 0.256 e. The molecule has 1 fully saturated rings. The van der Waals surface area contributed by atoms with Crippen LogP contribution in [0, 0.1) is 5.41 Å². The van der Waals surface area contributed by atoms with Gasteiger partial charge in [-0.25, -0.2) is 4.98 Å². The van der Waals surface area contributed by atoms with E-state index in [-0.39, 0.29) is 11.8 Å². The Morgan fingerprint density at radius 1 is 1.21 bits per heavy atom. The lowest BCUT2D eigenvalue weighted by atomic mass is 9.81. The molecule has 1 aromatic heterocycles. The molecule has 2 aliphatic rings. The van der Waals surface area contributed by atoms with E-state index in [1.165, 1.54) is 6.20 Å². The van der Waals surface area contributed by atoms with Crippen molar-refractivity contribution >= 4 is 52.2 Å². The maximum atomic E-state index is 12.6. The summed E-state index contributed by atoms with van der Waals surface area (Å²) in [5.74, 6) is 0.930. The predicted octanol–water partition coefficient (Wildman–Crippen LogP) is 4.30. The van der Waals surface area contributed by atoms with Gasteiger partial charge in [0.1, 0.15) is 10.8 Å². The van der Waals surface area contributed by atoms with Crippen molar-refractivity contribution in [1.29, 1.82) is 0 Å². The van der Waals surface area contributed by atoms with Crippen LogP contribution in [0.25, 0.3) is 0 Å². The number of nitrogens with two attached hydrogens (primary N) is 1. The molecule has 10 nitrogen and oxygen atoms in total. The third-order valence-electron chi connectivity index (χ3n) is 7.20. The van der Waals surface area contributed by atoms with Gasteiger partial charge in [-0.3, -0.25) is 9.59 Å². The fourth-order valence-electron chi connectivity index (χ4n) is 5.01. The Balaban J connectivity index is 1.38. The van der Waals surface area contributed by atoms with Crippen molar-refractivity contribution in [3.8, 4) is 5.75 Å². The van der Waals surface area contributed by atoms with Crippen molar-refractivity contribution in [1.82, 2.24) is 14.9 Å². The van der Waals surface area contributed by atoms with Crippen molar-refractivity contribution in [2.75, 3.05) is 42.8 Å². The van der Waals surface area contributed by atoms with Crippen LogP contribution in [-0.4, -0.2) is 53.9 Å². The molecule has 0 spiro atoms. The highest BCUT2D eigenvalue weighted by molar-refractivity contribution is 6.33. The van der Waals surface area contributed by atoms with Crippen LogP contribution in [0.1, 0.15) is 35.7 Å². The molecule has 2 aromatic carbocycles. The van der Waals surface area contributed by atoms with E-state index in [1.807, 2.05) is 43.3 Å². The first-order valence-corrected chi connectivity index (χ1v) is 12.7. The Bertz CT molecular complexity index is 1420. The van der Waals surface area contributed by atoms with Gasteiger partial charge in [-0.1, -0.05) is 23.7 Å². The summed E-state index contributed by atoms with van der Waals surface area (Å²) in [4.78, 5) is 37.3. The minimum absolute atomic E-state index is 0.0544. The number of hydrogen-bond acceptors (Lipinski definition) is 8. The molecule has 0 aliphatic carbocycles. The summed E-state index contributed by atoms with van der Waals surface area (Å²) in [7, 11) is 3.36. The minimum atomic E-state index is -0.568. The van der Waals surface area contributed by atoms with Gasteiger partial charge in [0, 0.05) is 38.4 Å². The van der Waals surface area contributed by atoms with Gasteiger partial charge >= 0.3 is 0 Å². The second kappa shape index (κ2) is 10.0. The summed E-state index contributed by atoms with van der Waals surface area (Å²) < 4.78 is 5.65. The first kappa shape index (κ1) is 25.6. The van der Waals surface area contributed by atoms with Crippen LogP contribution in [0.15, 0.2) is 42.6 Å². The molecule has 38 heavy (non-hydrogen) atoms. The van der Waals surface area contributed by atoms with Gasteiger partial charge in [0.05, 0.1) is 35.7 Å². The Morgan fingerprint density at radius 2 is 2.03 bits per heavy atom. The van der Waals surface area contributed by atoms with Crippen LogP contribution in [0.3, 0.4) is 0 Å². The van der Waals surface area contributed by atoms with Crippen LogP contribution in [0.4, 0.5) is 28.8 Å². The maximum absolute atomic E-state index is 12.6. The summed E-state index contributed by atoms with van der Waals surface area (Å²) >= 11 is 6.40. The SMILES string of the molecule is COc1cc(N2CCC[C@@](C)(C(N)=O)C2)ccc1Nc1ncc(Cl)c(Nc2cccc3c2C(=O)N(C)C3)n1. The lowest BCUT2D eigenvalue weighted by Crippen LogP contribution is -2.48. The molecule has 1 atom stereocenters. The third-order valence-corrected chi connectivity index (χ3v) is 7.48. The molecule has 2 amide bonds. The molecule has 0 unspecified atom stereocenters. The van der Waals surface area contributed by atoms with Crippen LogP contribution in [-0.2, 0) is 11.3 Å². The molecular formula is C27H30ClN7O3. The molecule has 4 N–H and O–H groups in total. The van der Waals surface area contributed by atoms with Gasteiger partial charge in [-0.2, -0.15) is 4.98 Å². The number of methoxy groups -OCH3 is 1. The number of nitrogens with zero attached hydrogens (tertiary/aromatic N) is 4. The third kappa shape index (κ3) is 4.79. The molecule has 0 saturated carbocycles. The van der Waals surface area contributed by atoms with E-state index in [0.29, 0.717) is 52.6 Å². The van der Waals surface area contributed by atoms with Gasteiger partial charge in [-0.05, 0) is 43.5 Å². The summed E-state index contributed by atoms with van der Waals surface area (Å²) in [6.45, 7) is 3.85. The number of carbonyl (C=O) groups is 2. The number of primary amides is 1. The number of piperidine rings is 1. The highest BCUT2D eigenvalue weighted by atomic mass is 35.5. The summed E-state index contributed by atoms with van der Waals surface area (Å²) in [5, 5.41) is 6.71. The van der Waals surface area contributed by atoms with Crippen molar-refractivity contribution in [2.45, 2.75) is 26.3 Å². The number of rotatable bonds is 7. The fraction of sp³-hybridized carbons (Fsp3) is 0.333. The van der Waals surface area contributed by atoms with Crippen LogP contribution >= 0.6 is 11.6 Å². The van der Waals surface area contributed by atoms with Crippen molar-refractivity contribution < 1.29 is 14.3 Å². The van der Waals surface area contributed by atoms with E-state index in [9.17, 15) is 9.59 Å². The Labute approximate surface area is 226 Å². The van der Waals surface area contributed by atoms with E-state index in [2.05, 4.69) is 25.5 Å². The number of hydrogen-bond donors (Lipinski definition) is 3. The lowest BCUT2D eigenvalue weighted by molar-refractivity contribution is -0.127. The van der Waals surface area contributed by atoms with Crippen molar-refractivity contribution in [3.63, 3.8) is 0 Å². The Kier molecular flexibility index (Phi) is 6.75. The van der Waals surface area contributed by atoms with Crippen LogP contribution < -0.4 is 26.0 Å². The molecule has 3 aromatic rings. The molecule has 0 bridgehead atoms. The standard InChI is InChI=1S/C27H30ClN7O3/c1-27(25(29)37)10-5-11-35(15-27)17-8-9-19(21(12-17)38-3)32-26-30-13-18(28)23(33-26)31-20-7-4-6-16-14-34(2)24(36)22(16)20/h4,6-9,12-13H,5,10-11,14-15H2,1-3H3,(H2,29,37)(H2,30,31,32,33)/t27-/m1/s1. The Morgan fingerprint density at radius 3 is 2.79 bits per heavy atom. The van der Waals surface area contributed by atoms with Gasteiger partial charge < -0.3 is 30.9 Å². The fourth-order valence-corrected chi connectivity index (χ4v) is 5.15. The molecule has 198 valence electrons. The van der Waals surface area contributed by atoms with E-state index >= 15 is 0 Å². The van der Waals surface area contributed by atoms with E-state index < -0.39 is 5.41 Å². The predicted molar refractivity (Wildman–Crippen MR) is 148 cm³/mol. The van der Waals surface area contributed by atoms with E-state index in [0.717, 1.165) is 30.6 Å². The molecule has 11 heteroatoms. The summed E-state index contributed by atoms with van der Waals surface area (Å²) in [6.07, 6.45) is 3.15. The van der Waals surface area contributed by atoms with Gasteiger partial charge in [-0.15, -0.1) is 0 Å². The molecule has 2 aliphatic heterocycles. The van der Waals surface area contributed by atoms with E-state index in [4.69, 9.17) is 22.1 Å². The molecule has 1 saturated heterocycles. The van der Waals surface area contributed by atoms with Gasteiger partial charge in [0.15, 0.2) is 5.82 Å². The first-order valence-electron chi connectivity index (χ1n) is 12.4. The van der Waals surface area contributed by atoms with Crippen molar-refractivity contribution in [3.05, 3.63) is 58.7 Å². The molecule has 0 radical (unpaired) electrons. The normalized spacial score (nSPS) is 18.8. The summed E-state index contributed by atoms with van der Waals surface area (Å²) in [5.41, 5.74) is 8.90. The molecular weight excluding hydrogens is 506 g/mol. The Hall–Kier alpha value is -4.05. The molecule has 5 rings (SSSR count). The highest BCUT2D eigenvalue weighted by Gasteiger charge is 2.36. The average molecular weight is 536 g/mol. The number of amides is 2. The largest absolute Gasteiger partial charge is 0.494 e. The number of nitrogens with one attached hydrogen (secondary N) is 2. The number of aromatic nitrogens is 2. The number of halogens is 1. The lowest BCUT2D eigenvalue weighted by Gasteiger charge is -2.39. The monoisotopic (exact) mass is 535 g/mol. The quantitative estimate of drug-likeness (QED) is 0.409. The smallest absolute Gasteiger partial charge is 0.256 e. The van der Waals surface area contributed by atoms with Gasteiger partial charge in [0.2, 0.25) is 11.9 Å². The second-order valence-electron chi connectivity index (χ2n) is 9.98. The average Bonchev–Trinajstić information content (AvgIpc) is 3.20. The number of ether oxygens (including phenoxy) is 1. The summed E-state index contributed by atoms with van der Waals surface area (Å²) in [6, 6.07) is 11.4. The zero-order valence-electron chi connectivity index (χ0n) is 21.5. The topological polar surface area (TPSA) is 126 Å². The van der Waals surface area contributed by atoms with Crippen molar-refractivity contribution in [2.24, 2.45) is 11.1 Å².